The van der Waals surface area contributed by atoms with Crippen molar-refractivity contribution in [1.29, 1.82) is 0 Å². The largest absolute Gasteiger partial charge is 0.393 e. The molecule has 0 spiro atoms. The number of aryl methyl sites for hydroxylation is 2. The first kappa shape index (κ1) is 17.3. The van der Waals surface area contributed by atoms with Crippen LogP contribution >= 0.6 is 23.2 Å². The van der Waals surface area contributed by atoms with Crippen molar-refractivity contribution in [2.45, 2.75) is 13.8 Å². The second-order valence-electron chi connectivity index (χ2n) is 5.68. The minimum atomic E-state index is 0.411. The molecule has 1 aromatic heterocycles. The van der Waals surface area contributed by atoms with E-state index in [2.05, 4.69) is 33.6 Å². The van der Waals surface area contributed by atoms with Crippen molar-refractivity contribution < 1.29 is 0 Å². The zero-order chi connectivity index (χ0) is 18.0. The molecule has 128 valence electrons. The third kappa shape index (κ3) is 3.95. The number of nitrogen functional groups attached to an aromatic ring is 1. The van der Waals surface area contributed by atoms with Gasteiger partial charge in [-0.15, -0.1) is 0 Å². The Morgan fingerprint density at radius 3 is 2.28 bits per heavy atom. The van der Waals surface area contributed by atoms with Gasteiger partial charge in [0, 0.05) is 11.4 Å². The van der Waals surface area contributed by atoms with E-state index in [-0.39, 0.29) is 0 Å². The maximum absolute atomic E-state index is 6.22. The van der Waals surface area contributed by atoms with Crippen molar-refractivity contribution in [3.05, 3.63) is 63.9 Å². The summed E-state index contributed by atoms with van der Waals surface area (Å²) in [6, 6.07) is 11.3. The maximum Gasteiger partial charge on any atom is 0.159 e. The van der Waals surface area contributed by atoms with E-state index in [0.29, 0.717) is 27.4 Å². The van der Waals surface area contributed by atoms with Gasteiger partial charge in [0.15, 0.2) is 11.6 Å². The fraction of sp³-hybridized carbons (Fsp3) is 0.111. The Hall–Kier alpha value is -2.50. The van der Waals surface area contributed by atoms with E-state index in [9.17, 15) is 0 Å². The molecule has 1 heterocycles. The lowest BCUT2D eigenvalue weighted by atomic mass is 10.1. The third-order valence-corrected chi connectivity index (χ3v) is 4.44. The molecular formula is C18H17Cl2N5. The zero-order valence-electron chi connectivity index (χ0n) is 13.8. The smallest absolute Gasteiger partial charge is 0.159 e. The molecule has 0 saturated carbocycles. The van der Waals surface area contributed by atoms with Crippen molar-refractivity contribution in [2.75, 3.05) is 16.4 Å². The van der Waals surface area contributed by atoms with Crippen LogP contribution in [0.4, 0.5) is 28.7 Å². The summed E-state index contributed by atoms with van der Waals surface area (Å²) >= 11 is 12.0. The van der Waals surface area contributed by atoms with Crippen LogP contribution in [0.2, 0.25) is 10.0 Å². The van der Waals surface area contributed by atoms with Crippen LogP contribution in [0, 0.1) is 13.8 Å². The van der Waals surface area contributed by atoms with Gasteiger partial charge in [-0.05, 0) is 43.7 Å². The number of nitrogens with one attached hydrogen (secondary N) is 2. The van der Waals surface area contributed by atoms with Gasteiger partial charge in [-0.2, -0.15) is 0 Å². The Morgan fingerprint density at radius 1 is 0.880 bits per heavy atom. The average Bonchev–Trinajstić information content (AvgIpc) is 2.57. The lowest BCUT2D eigenvalue weighted by Crippen LogP contribution is -2.05. The lowest BCUT2D eigenvalue weighted by molar-refractivity contribution is 1.17. The number of hydrogen-bond donors (Lipinski definition) is 3. The Morgan fingerprint density at radius 2 is 1.60 bits per heavy atom. The number of nitrogens with two attached hydrogens (primary N) is 1. The summed E-state index contributed by atoms with van der Waals surface area (Å²) in [6.07, 6.45) is 1.45. The molecule has 0 unspecified atom stereocenters. The predicted molar refractivity (Wildman–Crippen MR) is 105 cm³/mol. The summed E-state index contributed by atoms with van der Waals surface area (Å²) in [6.45, 7) is 4.08. The quantitative estimate of drug-likeness (QED) is 0.565. The highest BCUT2D eigenvalue weighted by atomic mass is 35.5. The van der Waals surface area contributed by atoms with E-state index < -0.39 is 0 Å². The maximum atomic E-state index is 6.22. The first-order valence-electron chi connectivity index (χ1n) is 7.61. The van der Waals surface area contributed by atoms with Gasteiger partial charge in [0.05, 0.1) is 10.0 Å². The first-order chi connectivity index (χ1) is 11.9. The summed E-state index contributed by atoms with van der Waals surface area (Å²) in [7, 11) is 0. The number of hydrogen-bond acceptors (Lipinski definition) is 5. The number of anilines is 5. The van der Waals surface area contributed by atoms with Crippen molar-refractivity contribution >= 4 is 51.9 Å². The molecule has 0 saturated heterocycles. The second-order valence-corrected chi connectivity index (χ2v) is 6.50. The van der Waals surface area contributed by atoms with Crippen molar-refractivity contribution in [3.63, 3.8) is 0 Å². The molecule has 0 atom stereocenters. The Balaban J connectivity index is 1.87. The summed E-state index contributed by atoms with van der Waals surface area (Å²) in [5, 5.41) is 7.32. The van der Waals surface area contributed by atoms with Crippen LogP contribution in [-0.2, 0) is 0 Å². The van der Waals surface area contributed by atoms with E-state index in [1.165, 1.54) is 11.9 Å². The molecule has 2 aromatic carbocycles. The van der Waals surface area contributed by atoms with Gasteiger partial charge in [-0.25, -0.2) is 9.97 Å². The van der Waals surface area contributed by atoms with Crippen LogP contribution in [0.5, 0.6) is 0 Å². The van der Waals surface area contributed by atoms with Crippen LogP contribution in [0.1, 0.15) is 11.1 Å². The molecular weight excluding hydrogens is 357 g/mol. The molecule has 0 aliphatic heterocycles. The average molecular weight is 374 g/mol. The lowest BCUT2D eigenvalue weighted by Gasteiger charge is -2.14. The minimum absolute atomic E-state index is 0.411. The number of nitrogens with zero attached hydrogens (tertiary/aromatic N) is 2. The number of rotatable bonds is 4. The molecule has 3 rings (SSSR count). The van der Waals surface area contributed by atoms with E-state index in [1.807, 2.05) is 19.1 Å². The van der Waals surface area contributed by atoms with Gasteiger partial charge in [-0.3, -0.25) is 0 Å². The number of aromatic nitrogens is 2. The van der Waals surface area contributed by atoms with Gasteiger partial charge in [-0.1, -0.05) is 40.9 Å². The van der Waals surface area contributed by atoms with Gasteiger partial charge in [0.25, 0.3) is 0 Å². The standard InChI is InChI=1S/C18H17Cl2N5/c1-10-3-6-15(11(2)7-10)25-18-16(21)17(22-9-23-18)24-12-4-5-13(19)14(20)8-12/h3-9H,21H2,1-2H3,(H2,22,23,24,25). The Bertz CT molecular complexity index is 927. The van der Waals surface area contributed by atoms with Crippen LogP contribution in [0.3, 0.4) is 0 Å². The van der Waals surface area contributed by atoms with Crippen molar-refractivity contribution in [2.24, 2.45) is 0 Å². The van der Waals surface area contributed by atoms with Crippen molar-refractivity contribution in [3.8, 4) is 0 Å². The molecule has 0 fully saturated rings. The zero-order valence-corrected chi connectivity index (χ0v) is 15.3. The Labute approximate surface area is 156 Å². The minimum Gasteiger partial charge on any atom is -0.393 e. The fourth-order valence-corrected chi connectivity index (χ4v) is 2.68. The molecule has 0 aliphatic rings. The SMILES string of the molecule is Cc1ccc(Nc2ncnc(Nc3ccc(Cl)c(Cl)c3)c2N)c(C)c1. The van der Waals surface area contributed by atoms with Gasteiger partial charge in [0.1, 0.15) is 12.0 Å². The van der Waals surface area contributed by atoms with E-state index in [1.54, 1.807) is 18.2 Å². The molecule has 0 aliphatic carbocycles. The molecule has 3 aromatic rings. The highest BCUT2D eigenvalue weighted by molar-refractivity contribution is 6.42. The van der Waals surface area contributed by atoms with Gasteiger partial charge >= 0.3 is 0 Å². The fourth-order valence-electron chi connectivity index (χ4n) is 2.39. The second kappa shape index (κ2) is 7.17. The molecule has 25 heavy (non-hydrogen) atoms. The monoisotopic (exact) mass is 373 g/mol. The van der Waals surface area contributed by atoms with Crippen LogP contribution in [-0.4, -0.2) is 9.97 Å². The summed E-state index contributed by atoms with van der Waals surface area (Å²) in [5.74, 6) is 1.02. The van der Waals surface area contributed by atoms with E-state index >= 15 is 0 Å². The highest BCUT2D eigenvalue weighted by Gasteiger charge is 2.10. The predicted octanol–water partition coefficient (Wildman–Crippen LogP) is 5.47. The summed E-state index contributed by atoms with van der Waals surface area (Å²) in [4.78, 5) is 8.44. The molecule has 0 radical (unpaired) electrons. The van der Waals surface area contributed by atoms with E-state index in [0.717, 1.165) is 16.9 Å². The van der Waals surface area contributed by atoms with Crippen LogP contribution in [0.25, 0.3) is 0 Å². The Kier molecular flexibility index (Phi) is 4.97. The van der Waals surface area contributed by atoms with Gasteiger partial charge < -0.3 is 16.4 Å². The van der Waals surface area contributed by atoms with Crippen molar-refractivity contribution in [1.82, 2.24) is 9.97 Å². The van der Waals surface area contributed by atoms with Crippen LogP contribution < -0.4 is 16.4 Å². The molecule has 0 amide bonds. The number of benzene rings is 2. The van der Waals surface area contributed by atoms with Gasteiger partial charge in [0.2, 0.25) is 0 Å². The van der Waals surface area contributed by atoms with Crippen LogP contribution in [0.15, 0.2) is 42.7 Å². The third-order valence-electron chi connectivity index (χ3n) is 3.70. The summed E-state index contributed by atoms with van der Waals surface area (Å²) < 4.78 is 0. The number of halogens is 2. The normalized spacial score (nSPS) is 10.6. The molecule has 5 nitrogen and oxygen atoms in total. The highest BCUT2D eigenvalue weighted by Crippen LogP contribution is 2.31. The van der Waals surface area contributed by atoms with E-state index in [4.69, 9.17) is 28.9 Å². The molecule has 0 bridgehead atoms. The summed E-state index contributed by atoms with van der Waals surface area (Å²) in [5.41, 5.74) is 10.6. The first-order valence-corrected chi connectivity index (χ1v) is 8.36. The molecule has 4 N–H and O–H groups in total. The molecule has 7 heteroatoms. The topological polar surface area (TPSA) is 75.9 Å².